The van der Waals surface area contributed by atoms with Crippen molar-refractivity contribution < 1.29 is 18.8 Å². The molecule has 2 aromatic rings. The maximum atomic E-state index is 13.1. The zero-order valence-electron chi connectivity index (χ0n) is 13.0. The number of nitrogens with one attached hydrogen (secondary N) is 2. The molecule has 0 bridgehead atoms. The molecule has 0 saturated heterocycles. The highest BCUT2D eigenvalue weighted by Crippen LogP contribution is 2.24. The number of carbonyl (C=O) groups excluding carboxylic acids is 3. The summed E-state index contributed by atoms with van der Waals surface area (Å²) in [7, 11) is 0. The zero-order chi connectivity index (χ0) is 18.6. The quantitative estimate of drug-likeness (QED) is 0.477. The third kappa shape index (κ3) is 4.44. The van der Waals surface area contributed by atoms with Crippen LogP contribution in [0.25, 0.3) is 0 Å². The van der Waals surface area contributed by atoms with Crippen LogP contribution in [0.1, 0.15) is 24.9 Å². The minimum absolute atomic E-state index is 0.0619. The Labute approximate surface area is 152 Å². The molecule has 128 valence electrons. The molecule has 1 heterocycles. The highest BCUT2D eigenvalue weighted by Gasteiger charge is 2.22. The second-order valence-corrected chi connectivity index (χ2v) is 6.54. The normalized spacial score (nSPS) is 10.0. The lowest BCUT2D eigenvalue weighted by Gasteiger charge is -2.05. The van der Waals surface area contributed by atoms with E-state index < -0.39 is 23.4 Å². The Morgan fingerprint density at radius 3 is 2.68 bits per heavy atom. The predicted molar refractivity (Wildman–Crippen MR) is 94.6 cm³/mol. The van der Waals surface area contributed by atoms with Crippen LogP contribution in [0.5, 0.6) is 0 Å². The van der Waals surface area contributed by atoms with Gasteiger partial charge in [0.25, 0.3) is 17.6 Å². The maximum absolute atomic E-state index is 13.1. The summed E-state index contributed by atoms with van der Waals surface area (Å²) in [6, 6.07) is 5.09. The van der Waals surface area contributed by atoms with Gasteiger partial charge in [0, 0.05) is 10.6 Å². The van der Waals surface area contributed by atoms with Gasteiger partial charge in [0.15, 0.2) is 0 Å². The molecule has 25 heavy (non-hydrogen) atoms. The van der Waals surface area contributed by atoms with Gasteiger partial charge in [-0.3, -0.25) is 14.4 Å². The van der Waals surface area contributed by atoms with Gasteiger partial charge >= 0.3 is 0 Å². The van der Waals surface area contributed by atoms with Crippen molar-refractivity contribution in [3.63, 3.8) is 0 Å². The molecule has 0 fully saturated rings. The van der Waals surface area contributed by atoms with Crippen LogP contribution in [0.3, 0.4) is 0 Å². The van der Waals surface area contributed by atoms with E-state index in [0.717, 1.165) is 17.4 Å². The number of anilines is 1. The lowest BCUT2D eigenvalue weighted by atomic mass is 10.2. The second-order valence-electron chi connectivity index (χ2n) is 4.88. The third-order valence-corrected chi connectivity index (χ3v) is 4.46. The van der Waals surface area contributed by atoms with Crippen LogP contribution in [0.2, 0.25) is 5.02 Å². The van der Waals surface area contributed by atoms with E-state index in [4.69, 9.17) is 18.0 Å². The van der Waals surface area contributed by atoms with E-state index in [-0.39, 0.29) is 22.0 Å². The van der Waals surface area contributed by atoms with Crippen LogP contribution in [-0.2, 0) is 4.79 Å². The number of terminal acetylenes is 1. The maximum Gasteiger partial charge on any atom is 0.294 e. The van der Waals surface area contributed by atoms with E-state index in [9.17, 15) is 18.8 Å². The number of hydrogen-bond acceptors (Lipinski definition) is 4. The number of hydrogen-bond donors (Lipinski definition) is 2. The van der Waals surface area contributed by atoms with Crippen LogP contribution in [0.15, 0.2) is 24.3 Å². The van der Waals surface area contributed by atoms with E-state index >= 15 is 0 Å². The summed E-state index contributed by atoms with van der Waals surface area (Å²) in [4.78, 5) is 36.7. The van der Waals surface area contributed by atoms with Gasteiger partial charge in [-0.15, -0.1) is 17.8 Å². The molecule has 0 aliphatic rings. The number of thiophene rings is 1. The van der Waals surface area contributed by atoms with Crippen LogP contribution in [0, 0.1) is 25.1 Å². The summed E-state index contributed by atoms with van der Waals surface area (Å²) >= 11 is 6.69. The van der Waals surface area contributed by atoms with E-state index in [0.29, 0.717) is 10.6 Å². The van der Waals surface area contributed by atoms with Crippen LogP contribution in [-0.4, -0.2) is 24.1 Å². The van der Waals surface area contributed by atoms with E-state index in [2.05, 4.69) is 16.6 Å². The molecule has 0 atom stereocenters. The van der Waals surface area contributed by atoms with Crippen molar-refractivity contribution in [2.45, 2.75) is 6.92 Å². The monoisotopic (exact) mass is 378 g/mol. The molecular weight excluding hydrogens is 367 g/mol. The van der Waals surface area contributed by atoms with Crippen molar-refractivity contribution in [2.24, 2.45) is 0 Å². The largest absolute Gasteiger partial charge is 0.338 e. The molecule has 2 N–H and O–H groups in total. The van der Waals surface area contributed by atoms with Gasteiger partial charge in [0.05, 0.1) is 22.0 Å². The Hall–Kier alpha value is -2.69. The first-order valence-corrected chi connectivity index (χ1v) is 8.15. The molecule has 0 radical (unpaired) electrons. The molecule has 5 nitrogen and oxygen atoms in total. The summed E-state index contributed by atoms with van der Waals surface area (Å²) in [6.45, 7) is 1.58. The predicted octanol–water partition coefficient (Wildman–Crippen LogP) is 3.03. The average Bonchev–Trinajstić information content (AvgIpc) is 2.97. The first kappa shape index (κ1) is 18.6. The topological polar surface area (TPSA) is 75.3 Å². The molecule has 1 aromatic carbocycles. The molecule has 2 amide bonds. The smallest absolute Gasteiger partial charge is 0.294 e. The van der Waals surface area contributed by atoms with E-state index in [1.165, 1.54) is 18.2 Å². The second kappa shape index (κ2) is 7.92. The molecule has 0 spiro atoms. The van der Waals surface area contributed by atoms with Gasteiger partial charge in [0.2, 0.25) is 0 Å². The van der Waals surface area contributed by atoms with Crippen molar-refractivity contribution in [3.05, 3.63) is 50.4 Å². The van der Waals surface area contributed by atoms with Gasteiger partial charge in [-0.25, -0.2) is 4.39 Å². The summed E-state index contributed by atoms with van der Waals surface area (Å²) in [5.41, 5.74) is 0.542. The van der Waals surface area contributed by atoms with Crippen molar-refractivity contribution in [3.8, 4) is 12.3 Å². The minimum Gasteiger partial charge on any atom is -0.338 e. The zero-order valence-corrected chi connectivity index (χ0v) is 14.6. The molecule has 0 aliphatic heterocycles. The van der Waals surface area contributed by atoms with Gasteiger partial charge in [-0.1, -0.05) is 17.5 Å². The first-order valence-electron chi connectivity index (χ1n) is 6.96. The van der Waals surface area contributed by atoms with Crippen LogP contribution >= 0.6 is 22.9 Å². The Kier molecular flexibility index (Phi) is 5.91. The number of halogens is 2. The Morgan fingerprint density at radius 1 is 1.32 bits per heavy atom. The molecular formula is C17H12ClFN2O3S. The number of amides is 2. The first-order chi connectivity index (χ1) is 11.8. The Bertz CT molecular complexity index is 902. The number of ketones is 1. The molecule has 1 aromatic heterocycles. The van der Waals surface area contributed by atoms with Crippen molar-refractivity contribution in [1.82, 2.24) is 5.32 Å². The van der Waals surface area contributed by atoms with E-state index in [1.807, 2.05) is 0 Å². The Balaban J connectivity index is 2.17. The van der Waals surface area contributed by atoms with Gasteiger partial charge in [0.1, 0.15) is 5.82 Å². The van der Waals surface area contributed by atoms with Gasteiger partial charge < -0.3 is 10.6 Å². The number of Topliss-reactive ketones (excluding diaryl/α,β-unsaturated/α-hetero) is 1. The highest BCUT2D eigenvalue weighted by molar-refractivity contribution is 7.15. The van der Waals surface area contributed by atoms with E-state index in [1.54, 1.807) is 6.92 Å². The van der Waals surface area contributed by atoms with Crippen molar-refractivity contribution in [1.29, 1.82) is 0 Å². The van der Waals surface area contributed by atoms with Gasteiger partial charge in [-0.05, 0) is 31.2 Å². The van der Waals surface area contributed by atoms with Crippen molar-refractivity contribution >= 4 is 46.2 Å². The highest BCUT2D eigenvalue weighted by atomic mass is 35.5. The molecule has 8 heteroatoms. The number of carbonyl (C=O) groups is 3. The fraction of sp³-hybridized carbons (Fsp3) is 0.118. The number of aryl methyl sites for hydroxylation is 1. The lowest BCUT2D eigenvalue weighted by Crippen LogP contribution is -2.30. The van der Waals surface area contributed by atoms with Crippen molar-refractivity contribution in [2.75, 3.05) is 11.9 Å². The minimum atomic E-state index is -0.837. The summed E-state index contributed by atoms with van der Waals surface area (Å²) in [6.07, 6.45) is 5.02. The lowest BCUT2D eigenvalue weighted by molar-refractivity contribution is -0.116. The summed E-state index contributed by atoms with van der Waals surface area (Å²) in [5.74, 6) is -0.515. The third-order valence-electron chi connectivity index (χ3n) is 3.12. The van der Waals surface area contributed by atoms with Crippen LogP contribution in [0.4, 0.5) is 10.1 Å². The number of rotatable bonds is 5. The molecule has 2 rings (SSSR count). The molecule has 0 saturated carbocycles. The SMILES string of the molecule is C#CCNC(=O)C(=O)c1cc(C(=O)Nc2ccc(F)c(Cl)c2)c(C)s1. The molecule has 0 unspecified atom stereocenters. The fourth-order valence-corrected chi connectivity index (χ4v) is 3.05. The van der Waals surface area contributed by atoms with Crippen LogP contribution < -0.4 is 10.6 Å². The average molecular weight is 379 g/mol. The summed E-state index contributed by atoms with van der Waals surface area (Å²) in [5, 5.41) is 4.71. The van der Waals surface area contributed by atoms with Gasteiger partial charge in [-0.2, -0.15) is 0 Å². The fourth-order valence-electron chi connectivity index (χ4n) is 1.92. The Morgan fingerprint density at radius 2 is 2.04 bits per heavy atom. The standard InChI is InChI=1S/C17H12ClFN2O3S/c1-3-6-20-17(24)15(22)14-8-11(9(2)25-14)16(23)21-10-4-5-13(19)12(18)7-10/h1,4-5,7-8H,6H2,2H3,(H,20,24)(H,21,23). The number of benzene rings is 1. The summed E-state index contributed by atoms with van der Waals surface area (Å²) < 4.78 is 13.1. The molecule has 0 aliphatic carbocycles.